The van der Waals surface area contributed by atoms with Gasteiger partial charge in [0.05, 0.1) is 0 Å². The minimum atomic E-state index is -0.680. The number of carboxylic acids is 1. The lowest BCUT2D eigenvalue weighted by Crippen LogP contribution is -2.31. The molecule has 1 aliphatic carbocycles. The Kier molecular flexibility index (Phi) is 2.27. The summed E-state index contributed by atoms with van der Waals surface area (Å²) in [6, 6.07) is 0. The number of carboxylic acid groups (broad SMARTS) is 1. The number of aliphatic carboxylic acids is 1. The van der Waals surface area contributed by atoms with Crippen LogP contribution >= 0.6 is 0 Å². The molecule has 0 aromatic carbocycles. The maximum atomic E-state index is 10.2. The van der Waals surface area contributed by atoms with Gasteiger partial charge in [-0.1, -0.05) is 0 Å². The highest BCUT2D eigenvalue weighted by molar-refractivity contribution is 5.67. The summed E-state index contributed by atoms with van der Waals surface area (Å²) in [7, 11) is 0. The molecule has 58 valence electrons. The SMILES string of the molecule is NCC1CC(CC(=O)O)C1. The van der Waals surface area contributed by atoms with Gasteiger partial charge in [0.2, 0.25) is 0 Å². The zero-order chi connectivity index (χ0) is 7.56. The molecule has 0 heterocycles. The summed E-state index contributed by atoms with van der Waals surface area (Å²) in [6.07, 6.45) is 2.36. The van der Waals surface area contributed by atoms with Crippen LogP contribution in [0.4, 0.5) is 0 Å². The predicted molar refractivity (Wildman–Crippen MR) is 37.5 cm³/mol. The molecule has 1 fully saturated rings. The Morgan fingerprint density at radius 3 is 2.50 bits per heavy atom. The molecule has 3 nitrogen and oxygen atoms in total. The van der Waals surface area contributed by atoms with Crippen molar-refractivity contribution >= 4 is 5.97 Å². The molecule has 0 spiro atoms. The first-order valence-corrected chi connectivity index (χ1v) is 3.64. The van der Waals surface area contributed by atoms with Gasteiger partial charge in [-0.3, -0.25) is 4.79 Å². The fraction of sp³-hybridized carbons (Fsp3) is 0.857. The Balaban J connectivity index is 2.08. The molecule has 1 aliphatic rings. The first-order chi connectivity index (χ1) is 4.72. The van der Waals surface area contributed by atoms with Gasteiger partial charge in [-0.2, -0.15) is 0 Å². The monoisotopic (exact) mass is 143 g/mol. The van der Waals surface area contributed by atoms with E-state index >= 15 is 0 Å². The van der Waals surface area contributed by atoms with Crippen LogP contribution in [0.1, 0.15) is 19.3 Å². The maximum Gasteiger partial charge on any atom is 0.303 e. The van der Waals surface area contributed by atoms with Crippen LogP contribution in [0.3, 0.4) is 0 Å². The maximum absolute atomic E-state index is 10.2. The lowest BCUT2D eigenvalue weighted by atomic mass is 9.73. The average Bonchev–Trinajstić information content (AvgIpc) is 1.76. The van der Waals surface area contributed by atoms with Crippen molar-refractivity contribution in [3.05, 3.63) is 0 Å². The molecular weight excluding hydrogens is 130 g/mol. The standard InChI is InChI=1S/C7H13NO2/c8-4-6-1-5(2-6)3-7(9)10/h5-6H,1-4,8H2,(H,9,10). The molecule has 0 saturated heterocycles. The molecule has 0 bridgehead atoms. The van der Waals surface area contributed by atoms with E-state index in [2.05, 4.69) is 0 Å². The third-order valence-electron chi connectivity index (χ3n) is 2.13. The zero-order valence-corrected chi connectivity index (χ0v) is 5.92. The smallest absolute Gasteiger partial charge is 0.303 e. The minimum absolute atomic E-state index is 0.330. The highest BCUT2D eigenvalue weighted by Crippen LogP contribution is 2.34. The molecule has 1 saturated carbocycles. The Bertz CT molecular complexity index is 130. The van der Waals surface area contributed by atoms with Crippen molar-refractivity contribution in [2.24, 2.45) is 17.6 Å². The van der Waals surface area contributed by atoms with E-state index in [9.17, 15) is 4.79 Å². The molecule has 0 atom stereocenters. The summed E-state index contributed by atoms with van der Waals surface area (Å²) in [6.45, 7) is 0.718. The number of carbonyl (C=O) groups is 1. The second kappa shape index (κ2) is 3.01. The Hall–Kier alpha value is -0.570. The van der Waals surface area contributed by atoms with E-state index < -0.39 is 5.97 Å². The van der Waals surface area contributed by atoms with E-state index in [0.29, 0.717) is 18.3 Å². The van der Waals surface area contributed by atoms with Crippen molar-refractivity contribution in [1.82, 2.24) is 0 Å². The van der Waals surface area contributed by atoms with Gasteiger partial charge >= 0.3 is 5.97 Å². The predicted octanol–water partition coefficient (Wildman–Crippen LogP) is 0.446. The third kappa shape index (κ3) is 1.70. The Morgan fingerprint density at radius 1 is 1.50 bits per heavy atom. The Morgan fingerprint density at radius 2 is 2.10 bits per heavy atom. The van der Waals surface area contributed by atoms with Gasteiger partial charge < -0.3 is 10.8 Å². The third-order valence-corrected chi connectivity index (χ3v) is 2.13. The van der Waals surface area contributed by atoms with Crippen molar-refractivity contribution in [3.63, 3.8) is 0 Å². The molecule has 0 unspecified atom stereocenters. The largest absolute Gasteiger partial charge is 0.481 e. The summed E-state index contributed by atoms with van der Waals surface area (Å²) < 4.78 is 0. The van der Waals surface area contributed by atoms with Gasteiger partial charge in [-0.25, -0.2) is 0 Å². The van der Waals surface area contributed by atoms with Gasteiger partial charge in [0, 0.05) is 6.42 Å². The van der Waals surface area contributed by atoms with E-state index in [-0.39, 0.29) is 0 Å². The minimum Gasteiger partial charge on any atom is -0.481 e. The molecule has 10 heavy (non-hydrogen) atoms. The molecule has 3 N–H and O–H groups in total. The van der Waals surface area contributed by atoms with Crippen molar-refractivity contribution in [1.29, 1.82) is 0 Å². The summed E-state index contributed by atoms with van der Waals surface area (Å²) in [5.74, 6) is 0.330. The van der Waals surface area contributed by atoms with Gasteiger partial charge in [-0.05, 0) is 31.2 Å². The molecule has 0 aliphatic heterocycles. The van der Waals surface area contributed by atoms with Crippen LogP contribution < -0.4 is 5.73 Å². The van der Waals surface area contributed by atoms with Gasteiger partial charge in [0.25, 0.3) is 0 Å². The normalized spacial score (nSPS) is 31.3. The average molecular weight is 143 g/mol. The zero-order valence-electron chi connectivity index (χ0n) is 5.92. The van der Waals surface area contributed by atoms with Crippen LogP contribution in [0.25, 0.3) is 0 Å². The topological polar surface area (TPSA) is 63.3 Å². The van der Waals surface area contributed by atoms with Crippen molar-refractivity contribution in [2.75, 3.05) is 6.54 Å². The van der Waals surface area contributed by atoms with Crippen molar-refractivity contribution in [3.8, 4) is 0 Å². The van der Waals surface area contributed by atoms with Crippen molar-refractivity contribution in [2.45, 2.75) is 19.3 Å². The Labute approximate surface area is 60.2 Å². The van der Waals surface area contributed by atoms with Crippen LogP contribution in [0.5, 0.6) is 0 Å². The molecule has 0 aromatic heterocycles. The van der Waals surface area contributed by atoms with Crippen molar-refractivity contribution < 1.29 is 9.90 Å². The van der Waals surface area contributed by atoms with E-state index in [1.54, 1.807) is 0 Å². The number of hydrogen-bond donors (Lipinski definition) is 2. The van der Waals surface area contributed by atoms with Crippen LogP contribution in [-0.4, -0.2) is 17.6 Å². The number of nitrogens with two attached hydrogens (primary N) is 1. The lowest BCUT2D eigenvalue weighted by molar-refractivity contribution is -0.139. The van der Waals surface area contributed by atoms with E-state index in [4.69, 9.17) is 10.8 Å². The van der Waals surface area contributed by atoms with Crippen LogP contribution in [-0.2, 0) is 4.79 Å². The van der Waals surface area contributed by atoms with Crippen LogP contribution in [0.15, 0.2) is 0 Å². The van der Waals surface area contributed by atoms with Crippen LogP contribution in [0.2, 0.25) is 0 Å². The van der Waals surface area contributed by atoms with Gasteiger partial charge in [0.1, 0.15) is 0 Å². The van der Waals surface area contributed by atoms with Gasteiger partial charge in [0.15, 0.2) is 0 Å². The second-order valence-corrected chi connectivity index (χ2v) is 3.04. The highest BCUT2D eigenvalue weighted by Gasteiger charge is 2.29. The first kappa shape index (κ1) is 7.54. The molecule has 0 amide bonds. The summed E-state index contributed by atoms with van der Waals surface area (Å²) in [5.41, 5.74) is 5.38. The molecule has 0 aromatic rings. The summed E-state index contributed by atoms with van der Waals surface area (Å²) in [5, 5.41) is 8.38. The van der Waals surface area contributed by atoms with Gasteiger partial charge in [-0.15, -0.1) is 0 Å². The second-order valence-electron chi connectivity index (χ2n) is 3.04. The fourth-order valence-corrected chi connectivity index (χ4v) is 1.48. The van der Waals surface area contributed by atoms with Crippen LogP contribution in [0, 0.1) is 11.8 Å². The quantitative estimate of drug-likeness (QED) is 0.602. The molecule has 1 rings (SSSR count). The fourth-order valence-electron chi connectivity index (χ4n) is 1.48. The number of hydrogen-bond acceptors (Lipinski definition) is 2. The molecule has 0 radical (unpaired) electrons. The van der Waals surface area contributed by atoms with E-state index in [1.807, 2.05) is 0 Å². The lowest BCUT2D eigenvalue weighted by Gasteiger charge is -2.33. The summed E-state index contributed by atoms with van der Waals surface area (Å²) in [4.78, 5) is 10.2. The molecule has 3 heteroatoms. The first-order valence-electron chi connectivity index (χ1n) is 3.64. The number of rotatable bonds is 3. The van der Waals surface area contributed by atoms with E-state index in [1.165, 1.54) is 0 Å². The molecular formula is C7H13NO2. The summed E-state index contributed by atoms with van der Waals surface area (Å²) >= 11 is 0. The van der Waals surface area contributed by atoms with E-state index in [0.717, 1.165) is 19.4 Å². The highest BCUT2D eigenvalue weighted by atomic mass is 16.4.